The Morgan fingerprint density at radius 1 is 1.30 bits per heavy atom. The summed E-state index contributed by atoms with van der Waals surface area (Å²) in [4.78, 5) is 19.8. The summed E-state index contributed by atoms with van der Waals surface area (Å²) in [5, 5.41) is 20.2. The normalized spacial score (nSPS) is 26.2. The zero-order valence-corrected chi connectivity index (χ0v) is 18.3. The van der Waals surface area contributed by atoms with Crippen molar-refractivity contribution in [3.05, 3.63) is 53.4 Å². The molecule has 2 aromatic rings. The highest BCUT2D eigenvalue weighted by Gasteiger charge is 2.64. The van der Waals surface area contributed by atoms with Crippen LogP contribution >= 0.6 is 0 Å². The quantitative estimate of drug-likeness (QED) is 0.703. The maximum absolute atomic E-state index is 14.1. The van der Waals surface area contributed by atoms with E-state index in [1.807, 2.05) is 13.8 Å². The number of aromatic nitrogens is 1. The largest absolute Gasteiger partial charge is 0.456 e. The number of β-amino-alcohol motifs (C(OH)–C–C–N with tert-alkyl or cyclic N) is 1. The maximum atomic E-state index is 14.1. The highest BCUT2D eigenvalue weighted by molar-refractivity contribution is 5.94. The van der Waals surface area contributed by atoms with Gasteiger partial charge in [-0.05, 0) is 12.8 Å². The Labute approximate surface area is 188 Å². The number of aliphatic hydroxyl groups excluding tert-OH is 1. The molecule has 3 heterocycles. The number of amidine groups is 1. The second kappa shape index (κ2) is 8.36. The predicted octanol–water partition coefficient (Wildman–Crippen LogP) is 3.03. The Balaban J connectivity index is 1.64. The van der Waals surface area contributed by atoms with E-state index in [2.05, 4.69) is 15.6 Å². The van der Waals surface area contributed by atoms with E-state index in [4.69, 9.17) is 9.36 Å². The molecule has 0 radical (unpaired) electrons. The zero-order valence-electron chi connectivity index (χ0n) is 18.3. The van der Waals surface area contributed by atoms with Crippen LogP contribution in [0.25, 0.3) is 0 Å². The van der Waals surface area contributed by atoms with Crippen molar-refractivity contribution in [3.63, 3.8) is 0 Å². The number of likely N-dealkylation sites (tertiary alicyclic amines) is 1. The molecule has 8 nitrogen and oxygen atoms in total. The Bertz CT molecular complexity index is 1040. The van der Waals surface area contributed by atoms with E-state index in [1.165, 1.54) is 29.2 Å². The lowest BCUT2D eigenvalue weighted by atomic mass is 9.91. The molecule has 1 amide bonds. The molecule has 1 fully saturated rings. The van der Waals surface area contributed by atoms with Gasteiger partial charge < -0.3 is 24.7 Å². The number of rotatable bonds is 5. The van der Waals surface area contributed by atoms with Crippen LogP contribution in [0, 0.1) is 12.8 Å². The molecule has 33 heavy (non-hydrogen) atoms. The first kappa shape index (κ1) is 23.1. The smallest absolute Gasteiger partial charge is 0.391 e. The van der Waals surface area contributed by atoms with E-state index in [9.17, 15) is 23.1 Å². The molecular formula is C22H25F3N4O4. The monoisotopic (exact) mass is 466 g/mol. The fourth-order valence-corrected chi connectivity index (χ4v) is 4.33. The number of nitrogens with one attached hydrogen (secondary N) is 1. The summed E-state index contributed by atoms with van der Waals surface area (Å²) in [5.41, 5.74) is -2.45. The van der Waals surface area contributed by atoms with Crippen LogP contribution < -0.4 is 5.32 Å². The number of alkyl halides is 3. The lowest BCUT2D eigenvalue weighted by molar-refractivity contribution is -0.284. The first-order valence-corrected chi connectivity index (χ1v) is 10.6. The average Bonchev–Trinajstić information content (AvgIpc) is 3.46. The number of hydrogen-bond acceptors (Lipinski definition) is 7. The van der Waals surface area contributed by atoms with Gasteiger partial charge in [0.25, 0.3) is 0 Å². The average molecular weight is 466 g/mol. The first-order chi connectivity index (χ1) is 15.5. The molecule has 4 rings (SSSR count). The van der Waals surface area contributed by atoms with Crippen molar-refractivity contribution in [1.82, 2.24) is 15.4 Å². The summed E-state index contributed by atoms with van der Waals surface area (Å²) < 4.78 is 47.7. The third kappa shape index (κ3) is 4.05. The third-order valence-corrected chi connectivity index (χ3v) is 5.93. The number of aryl methyl sites for hydroxylation is 1. The van der Waals surface area contributed by atoms with Crippen molar-refractivity contribution in [1.29, 1.82) is 0 Å². The van der Waals surface area contributed by atoms with Gasteiger partial charge in [0.1, 0.15) is 11.7 Å². The molecule has 4 atom stereocenters. The van der Waals surface area contributed by atoms with Crippen LogP contribution in [0.3, 0.4) is 0 Å². The molecule has 178 valence electrons. The van der Waals surface area contributed by atoms with Crippen molar-refractivity contribution >= 4 is 11.7 Å². The summed E-state index contributed by atoms with van der Waals surface area (Å²) in [6.07, 6.45) is -5.75. The SMILES string of the molecule is Cc1cc([C@H](C(=O)N2C[C@H](O)C[C@H]2C2=NO[C@](c3ccccc3)(C(F)(F)F)N2)C(C)C)on1. The van der Waals surface area contributed by atoms with Crippen molar-refractivity contribution in [2.45, 2.75) is 57.2 Å². The molecule has 1 aromatic heterocycles. The van der Waals surface area contributed by atoms with E-state index in [-0.39, 0.29) is 30.3 Å². The van der Waals surface area contributed by atoms with Crippen molar-refractivity contribution in [2.24, 2.45) is 11.1 Å². The fraction of sp³-hybridized carbons (Fsp3) is 0.500. The molecule has 0 bridgehead atoms. The van der Waals surface area contributed by atoms with E-state index in [1.54, 1.807) is 19.1 Å². The lowest BCUT2D eigenvalue weighted by Crippen LogP contribution is -2.57. The van der Waals surface area contributed by atoms with Gasteiger partial charge in [-0.1, -0.05) is 54.5 Å². The molecule has 1 aromatic carbocycles. The Morgan fingerprint density at radius 3 is 2.58 bits per heavy atom. The Morgan fingerprint density at radius 2 is 2.00 bits per heavy atom. The van der Waals surface area contributed by atoms with Gasteiger partial charge in [-0.25, -0.2) is 0 Å². The minimum Gasteiger partial charge on any atom is -0.391 e. The topological polar surface area (TPSA) is 100 Å². The van der Waals surface area contributed by atoms with Gasteiger partial charge in [0.05, 0.1) is 17.8 Å². The maximum Gasteiger partial charge on any atom is 0.456 e. The summed E-state index contributed by atoms with van der Waals surface area (Å²) >= 11 is 0. The molecule has 2 N–H and O–H groups in total. The van der Waals surface area contributed by atoms with Gasteiger partial charge in [0.15, 0.2) is 5.84 Å². The predicted molar refractivity (Wildman–Crippen MR) is 111 cm³/mol. The number of halogens is 3. The minimum atomic E-state index is -4.84. The van der Waals surface area contributed by atoms with Crippen LogP contribution in [0.4, 0.5) is 13.2 Å². The second-order valence-corrected chi connectivity index (χ2v) is 8.73. The number of carbonyl (C=O) groups is 1. The number of amides is 1. The molecular weight excluding hydrogens is 441 g/mol. The van der Waals surface area contributed by atoms with Gasteiger partial charge in [0, 0.05) is 24.6 Å². The summed E-state index contributed by atoms with van der Waals surface area (Å²) in [7, 11) is 0. The number of carbonyl (C=O) groups excluding carboxylic acids is 1. The number of oxime groups is 1. The fourth-order valence-electron chi connectivity index (χ4n) is 4.33. The number of nitrogens with zero attached hydrogens (tertiary/aromatic N) is 3. The van der Waals surface area contributed by atoms with Crippen molar-refractivity contribution in [3.8, 4) is 0 Å². The van der Waals surface area contributed by atoms with Gasteiger partial charge in [0.2, 0.25) is 5.91 Å². The highest BCUT2D eigenvalue weighted by atomic mass is 19.4. The van der Waals surface area contributed by atoms with Crippen LogP contribution in [0.5, 0.6) is 0 Å². The number of hydrogen-bond donors (Lipinski definition) is 2. The molecule has 11 heteroatoms. The van der Waals surface area contributed by atoms with Gasteiger partial charge >= 0.3 is 11.9 Å². The Hall–Kier alpha value is -3.08. The van der Waals surface area contributed by atoms with E-state index in [0.717, 1.165) is 0 Å². The van der Waals surface area contributed by atoms with Crippen molar-refractivity contribution < 1.29 is 32.4 Å². The van der Waals surface area contributed by atoms with Gasteiger partial charge in [-0.2, -0.15) is 13.2 Å². The van der Waals surface area contributed by atoms with Crippen LogP contribution in [-0.2, 0) is 15.4 Å². The number of aliphatic hydroxyl groups is 1. The molecule has 0 unspecified atom stereocenters. The van der Waals surface area contributed by atoms with Gasteiger partial charge in [-0.15, -0.1) is 0 Å². The summed E-state index contributed by atoms with van der Waals surface area (Å²) in [6, 6.07) is 7.82. The van der Waals surface area contributed by atoms with E-state index >= 15 is 0 Å². The van der Waals surface area contributed by atoms with E-state index < -0.39 is 35.9 Å². The zero-order chi connectivity index (χ0) is 24.0. The minimum absolute atomic E-state index is 0.0178. The highest BCUT2D eigenvalue weighted by Crippen LogP contribution is 2.43. The molecule has 1 saturated heterocycles. The Kier molecular flexibility index (Phi) is 5.85. The standard InChI is InChI=1S/C22H25F3N4O4/c1-12(2)18(17-9-13(3)27-32-17)20(31)29-11-15(30)10-16(29)19-26-21(33-28-19,22(23,24)25)14-7-5-4-6-8-14/h4-9,12,15-16,18,30H,10-11H2,1-3H3,(H,26,28)/t15-,16+,18-,21-/m1/s1. The summed E-state index contributed by atoms with van der Waals surface area (Å²) in [6.45, 7) is 5.35. The molecule has 0 aliphatic carbocycles. The second-order valence-electron chi connectivity index (χ2n) is 8.73. The van der Waals surface area contributed by atoms with Crippen LogP contribution in [0.15, 0.2) is 46.1 Å². The van der Waals surface area contributed by atoms with Crippen LogP contribution in [0.1, 0.15) is 43.2 Å². The van der Waals surface area contributed by atoms with Crippen molar-refractivity contribution in [2.75, 3.05) is 6.54 Å². The third-order valence-electron chi connectivity index (χ3n) is 5.93. The van der Waals surface area contributed by atoms with Gasteiger partial charge in [-0.3, -0.25) is 4.79 Å². The lowest BCUT2D eigenvalue weighted by Gasteiger charge is -2.32. The van der Waals surface area contributed by atoms with Crippen LogP contribution in [0.2, 0.25) is 0 Å². The first-order valence-electron chi connectivity index (χ1n) is 10.6. The molecule has 2 aliphatic rings. The van der Waals surface area contributed by atoms with Crippen LogP contribution in [-0.4, -0.2) is 51.8 Å². The molecule has 2 aliphatic heterocycles. The van der Waals surface area contributed by atoms with E-state index in [0.29, 0.717) is 11.5 Å². The molecule has 0 spiro atoms. The molecule has 0 saturated carbocycles. The summed E-state index contributed by atoms with van der Waals surface area (Å²) in [5.74, 6) is -1.10. The number of benzene rings is 1.